The van der Waals surface area contributed by atoms with E-state index in [4.69, 9.17) is 10.8 Å². The summed E-state index contributed by atoms with van der Waals surface area (Å²) < 4.78 is 37.6. The Morgan fingerprint density at radius 2 is 2.14 bits per heavy atom. The highest BCUT2D eigenvalue weighted by molar-refractivity contribution is 5.27. The Morgan fingerprint density at radius 1 is 1.50 bits per heavy atom. The van der Waals surface area contributed by atoms with Gasteiger partial charge in [-0.3, -0.25) is 0 Å². The summed E-state index contributed by atoms with van der Waals surface area (Å²) in [6, 6.07) is 0.929. The highest BCUT2D eigenvalue weighted by Crippen LogP contribution is 2.23. The van der Waals surface area contributed by atoms with Gasteiger partial charge in [0.1, 0.15) is 0 Å². The van der Waals surface area contributed by atoms with Crippen LogP contribution in [0, 0.1) is 5.95 Å². The smallest absolute Gasteiger partial charge is 0.265 e. The fourth-order valence-electron chi connectivity index (χ4n) is 1.04. The number of nitrogens with zero attached hydrogens (tertiary/aromatic N) is 1. The Hall–Kier alpha value is -1.14. The summed E-state index contributed by atoms with van der Waals surface area (Å²) in [5.74, 6) is -0.916. The molecule has 0 aromatic carbocycles. The molecule has 78 valence electrons. The lowest BCUT2D eigenvalue weighted by atomic mass is 10.1. The molecule has 0 atom stereocenters. The molecule has 0 bridgehead atoms. The number of hydrogen-bond acceptors (Lipinski definition) is 3. The van der Waals surface area contributed by atoms with Gasteiger partial charge in [0.25, 0.3) is 6.43 Å². The molecule has 1 aromatic rings. The van der Waals surface area contributed by atoms with Crippen molar-refractivity contribution in [2.45, 2.75) is 19.6 Å². The van der Waals surface area contributed by atoms with Gasteiger partial charge in [-0.1, -0.05) is 0 Å². The minimum Gasteiger partial charge on any atom is -0.390 e. The van der Waals surface area contributed by atoms with Crippen molar-refractivity contribution in [3.8, 4) is 0 Å². The van der Waals surface area contributed by atoms with Gasteiger partial charge in [0.15, 0.2) is 0 Å². The van der Waals surface area contributed by atoms with Gasteiger partial charge in [0, 0.05) is 17.7 Å². The minimum atomic E-state index is -2.80. The van der Waals surface area contributed by atoms with Crippen LogP contribution in [0.15, 0.2) is 6.07 Å². The number of pyridine rings is 1. The summed E-state index contributed by atoms with van der Waals surface area (Å²) in [5.41, 5.74) is 4.21. The molecule has 1 aromatic heterocycles. The summed E-state index contributed by atoms with van der Waals surface area (Å²) in [6.07, 6.45) is -2.80. The first-order valence-corrected chi connectivity index (χ1v) is 3.87. The molecule has 6 heteroatoms. The summed E-state index contributed by atoms with van der Waals surface area (Å²) in [7, 11) is 0. The predicted octanol–water partition coefficient (Wildman–Crippen LogP) is 1.11. The quantitative estimate of drug-likeness (QED) is 0.728. The molecule has 1 rings (SSSR count). The lowest BCUT2D eigenvalue weighted by Gasteiger charge is -2.08. The summed E-state index contributed by atoms with van der Waals surface area (Å²) >= 11 is 0. The van der Waals surface area contributed by atoms with Gasteiger partial charge in [-0.2, -0.15) is 4.39 Å². The maximum Gasteiger partial charge on any atom is 0.265 e. The first-order chi connectivity index (χ1) is 6.60. The van der Waals surface area contributed by atoms with Crippen molar-refractivity contribution in [1.29, 1.82) is 0 Å². The SMILES string of the molecule is NCc1cc(C(F)F)c(CO)nc1F. The molecule has 0 aliphatic heterocycles. The number of aliphatic hydroxyl groups is 1. The highest BCUT2D eigenvalue weighted by Gasteiger charge is 2.17. The second kappa shape index (κ2) is 4.39. The molecule has 0 aliphatic carbocycles. The maximum atomic E-state index is 12.9. The van der Waals surface area contributed by atoms with Crippen LogP contribution in [0.4, 0.5) is 13.2 Å². The molecular weight excluding hydrogens is 197 g/mol. The number of halogens is 3. The van der Waals surface area contributed by atoms with E-state index >= 15 is 0 Å². The summed E-state index contributed by atoms with van der Waals surface area (Å²) in [4.78, 5) is 3.21. The zero-order chi connectivity index (χ0) is 10.7. The second-order valence-corrected chi connectivity index (χ2v) is 2.64. The van der Waals surface area contributed by atoms with E-state index < -0.39 is 24.5 Å². The van der Waals surface area contributed by atoms with Crippen LogP contribution in [0.3, 0.4) is 0 Å². The van der Waals surface area contributed by atoms with E-state index in [1.165, 1.54) is 0 Å². The molecule has 0 amide bonds. The molecule has 0 fully saturated rings. The van der Waals surface area contributed by atoms with Gasteiger partial charge in [-0.15, -0.1) is 0 Å². The van der Waals surface area contributed by atoms with Gasteiger partial charge in [0.05, 0.1) is 12.3 Å². The average Bonchev–Trinajstić information content (AvgIpc) is 2.16. The number of rotatable bonds is 3. The van der Waals surface area contributed by atoms with Gasteiger partial charge >= 0.3 is 0 Å². The molecule has 3 nitrogen and oxygen atoms in total. The van der Waals surface area contributed by atoms with Crippen LogP contribution < -0.4 is 5.73 Å². The molecule has 14 heavy (non-hydrogen) atoms. The van der Waals surface area contributed by atoms with Crippen molar-refractivity contribution in [2.75, 3.05) is 0 Å². The zero-order valence-electron chi connectivity index (χ0n) is 7.17. The van der Waals surface area contributed by atoms with Crippen LogP contribution in [-0.4, -0.2) is 10.1 Å². The van der Waals surface area contributed by atoms with Crippen LogP contribution in [0.2, 0.25) is 0 Å². The number of alkyl halides is 2. The highest BCUT2D eigenvalue weighted by atomic mass is 19.3. The third kappa shape index (κ3) is 2.02. The Labute approximate surface area is 78.4 Å². The first kappa shape index (κ1) is 10.9. The van der Waals surface area contributed by atoms with Gasteiger partial charge in [0.2, 0.25) is 5.95 Å². The Bertz CT molecular complexity index is 331. The van der Waals surface area contributed by atoms with Crippen molar-refractivity contribution in [1.82, 2.24) is 4.98 Å². The van der Waals surface area contributed by atoms with E-state index in [1.807, 2.05) is 0 Å². The summed E-state index contributed by atoms with van der Waals surface area (Å²) in [5, 5.41) is 8.66. The summed E-state index contributed by atoms with van der Waals surface area (Å²) in [6.45, 7) is -0.925. The van der Waals surface area contributed by atoms with Crippen LogP contribution in [0.5, 0.6) is 0 Å². The van der Waals surface area contributed by atoms with Crippen molar-refractivity contribution < 1.29 is 18.3 Å². The molecule has 0 unspecified atom stereocenters. The third-order valence-electron chi connectivity index (χ3n) is 1.77. The number of hydrogen-bond donors (Lipinski definition) is 2. The van der Waals surface area contributed by atoms with E-state index in [0.29, 0.717) is 0 Å². The van der Waals surface area contributed by atoms with Crippen molar-refractivity contribution in [3.63, 3.8) is 0 Å². The lowest BCUT2D eigenvalue weighted by Crippen LogP contribution is -2.08. The zero-order valence-corrected chi connectivity index (χ0v) is 7.17. The van der Waals surface area contributed by atoms with E-state index in [-0.39, 0.29) is 17.8 Å². The molecule has 0 saturated heterocycles. The Kier molecular flexibility index (Phi) is 3.43. The van der Waals surface area contributed by atoms with Crippen molar-refractivity contribution in [2.24, 2.45) is 5.73 Å². The standard InChI is InChI=1S/C8H9F3N2O/c9-7(10)5-1-4(2-12)8(11)13-6(5)3-14/h1,7,14H,2-3,12H2. The molecule has 1 heterocycles. The maximum absolute atomic E-state index is 12.9. The fourth-order valence-corrected chi connectivity index (χ4v) is 1.04. The monoisotopic (exact) mass is 206 g/mol. The normalized spacial score (nSPS) is 11.0. The van der Waals surface area contributed by atoms with Gasteiger partial charge in [-0.25, -0.2) is 13.8 Å². The fraction of sp³-hybridized carbons (Fsp3) is 0.375. The largest absolute Gasteiger partial charge is 0.390 e. The topological polar surface area (TPSA) is 59.1 Å². The second-order valence-electron chi connectivity index (χ2n) is 2.64. The van der Waals surface area contributed by atoms with Crippen LogP contribution in [0.1, 0.15) is 23.2 Å². The number of aliphatic hydroxyl groups excluding tert-OH is 1. The van der Waals surface area contributed by atoms with E-state index in [2.05, 4.69) is 4.98 Å². The predicted molar refractivity (Wildman–Crippen MR) is 43.0 cm³/mol. The van der Waals surface area contributed by atoms with Crippen LogP contribution in [-0.2, 0) is 13.2 Å². The molecular formula is C8H9F3N2O. The minimum absolute atomic E-state index is 0.0856. The lowest BCUT2D eigenvalue weighted by molar-refractivity contribution is 0.145. The molecule has 0 spiro atoms. The molecule has 3 N–H and O–H groups in total. The first-order valence-electron chi connectivity index (χ1n) is 3.87. The van der Waals surface area contributed by atoms with Gasteiger partial charge in [-0.05, 0) is 6.07 Å². The van der Waals surface area contributed by atoms with E-state index in [9.17, 15) is 13.2 Å². The molecule has 0 aliphatic rings. The van der Waals surface area contributed by atoms with E-state index in [0.717, 1.165) is 6.07 Å². The Morgan fingerprint density at radius 3 is 2.57 bits per heavy atom. The van der Waals surface area contributed by atoms with Crippen LogP contribution in [0.25, 0.3) is 0 Å². The Balaban J connectivity index is 3.25. The van der Waals surface area contributed by atoms with Crippen LogP contribution >= 0.6 is 0 Å². The molecule has 0 saturated carbocycles. The van der Waals surface area contributed by atoms with Gasteiger partial charge < -0.3 is 10.8 Å². The number of aromatic nitrogens is 1. The van der Waals surface area contributed by atoms with Crippen molar-refractivity contribution in [3.05, 3.63) is 28.8 Å². The average molecular weight is 206 g/mol. The van der Waals surface area contributed by atoms with E-state index in [1.54, 1.807) is 0 Å². The number of nitrogens with two attached hydrogens (primary N) is 1. The third-order valence-corrected chi connectivity index (χ3v) is 1.77. The molecule has 0 radical (unpaired) electrons. The van der Waals surface area contributed by atoms with Crippen molar-refractivity contribution >= 4 is 0 Å².